The van der Waals surface area contributed by atoms with Crippen molar-refractivity contribution in [3.8, 4) is 23.6 Å². The lowest BCUT2D eigenvalue weighted by Gasteiger charge is -2.10. The summed E-state index contributed by atoms with van der Waals surface area (Å²) in [6.07, 6.45) is 35.4. The van der Waals surface area contributed by atoms with Gasteiger partial charge < -0.3 is 14.4 Å². The predicted octanol–water partition coefficient (Wildman–Crippen LogP) is 26.0. The average Bonchev–Trinajstić information content (AvgIpc) is 0.884. The minimum atomic E-state index is -4.32. The number of methoxy groups -OCH3 is 2. The van der Waals surface area contributed by atoms with Crippen molar-refractivity contribution in [2.45, 2.75) is 46.2 Å². The van der Waals surface area contributed by atoms with Crippen molar-refractivity contribution in [2.75, 3.05) is 33.2 Å². The minimum Gasteiger partial charge on any atom is -0.497 e. The number of pyridine rings is 18. The summed E-state index contributed by atoms with van der Waals surface area (Å²) in [5, 5.41) is 18.4. The molecule has 0 atom stereocenters. The Balaban J connectivity index is 0.000000747. The highest BCUT2D eigenvalue weighted by molar-refractivity contribution is 6.30. The van der Waals surface area contributed by atoms with Crippen LogP contribution in [0.4, 0.5) is 58.4 Å². The van der Waals surface area contributed by atoms with Crippen LogP contribution in [0.2, 0.25) is 15.2 Å². The molecule has 0 spiro atoms. The van der Waals surface area contributed by atoms with Crippen LogP contribution in [-0.4, -0.2) is 118 Å². The Kier molecular flexibility index (Phi) is 68.7. The molecule has 18 heterocycles. The van der Waals surface area contributed by atoms with Crippen LogP contribution in [0.3, 0.4) is 0 Å². The van der Waals surface area contributed by atoms with Crippen LogP contribution in [0.5, 0.6) is 11.5 Å². The fourth-order valence-corrected chi connectivity index (χ4v) is 8.20. The molecule has 0 fully saturated rings. The molecule has 0 aliphatic heterocycles. The molecule has 0 aliphatic rings. The molecule has 38 heteroatoms. The first-order chi connectivity index (χ1) is 67.8. The number of ether oxygens (including phenoxy) is 2. The molecule has 0 saturated heterocycles. The molecule has 0 saturated carbocycles. The van der Waals surface area contributed by atoms with Crippen molar-refractivity contribution < 1.29 is 62.2 Å². The van der Waals surface area contributed by atoms with Gasteiger partial charge in [-0.25, -0.2) is 23.7 Å². The number of hydrogen-bond acceptors (Lipinski definition) is 23. The molecule has 141 heavy (non-hydrogen) atoms. The van der Waals surface area contributed by atoms with Gasteiger partial charge in [-0.3, -0.25) is 74.8 Å². The smallest absolute Gasteiger partial charge is 0.433 e. The van der Waals surface area contributed by atoms with E-state index in [1.54, 1.807) is 223 Å². The topological polar surface area (TPSA) is 301 Å². The minimum absolute atomic E-state index is 0.241. The highest BCUT2D eigenvalue weighted by Gasteiger charge is 2.32. The van der Waals surface area contributed by atoms with E-state index in [9.17, 15) is 52.7 Å². The first kappa shape index (κ1) is 122. The van der Waals surface area contributed by atoms with E-state index < -0.39 is 41.3 Å². The zero-order chi connectivity index (χ0) is 104. The summed E-state index contributed by atoms with van der Waals surface area (Å²) in [6.45, 7) is 8.08. The van der Waals surface area contributed by atoms with Crippen molar-refractivity contribution >= 4 is 40.5 Å². The maximum atomic E-state index is 11.9. The lowest BCUT2D eigenvalue weighted by molar-refractivity contribution is -0.141. The summed E-state index contributed by atoms with van der Waals surface area (Å²) in [4.78, 5) is 68.2. The van der Waals surface area contributed by atoms with Gasteiger partial charge in [0.1, 0.15) is 51.8 Å². The molecule has 23 nitrogen and oxygen atoms in total. The lowest BCUT2D eigenvalue weighted by Crippen LogP contribution is -2.07. The van der Waals surface area contributed by atoms with E-state index >= 15 is 0 Å². The van der Waals surface area contributed by atoms with Gasteiger partial charge in [-0.2, -0.15) is 54.4 Å². The van der Waals surface area contributed by atoms with Crippen molar-refractivity contribution in [3.05, 3.63) is 524 Å². The Morgan fingerprint density at radius 3 is 0.901 bits per heavy atom. The van der Waals surface area contributed by atoms with Gasteiger partial charge in [0.05, 0.1) is 48.3 Å². The first-order valence-electron chi connectivity index (χ1n) is 40.6. The Morgan fingerprint density at radius 2 is 0.702 bits per heavy atom. The Bertz CT molecular complexity index is 5140. The number of aromatic nitrogens is 18. The van der Waals surface area contributed by atoms with Crippen LogP contribution in [0, 0.1) is 67.9 Å². The summed E-state index contributed by atoms with van der Waals surface area (Å²) in [5.74, 6) is 0.688. The second kappa shape index (κ2) is 79.3. The number of hydrogen-bond donors (Lipinski definition) is 0. The second-order valence-corrected chi connectivity index (χ2v) is 27.0. The van der Waals surface area contributed by atoms with Crippen molar-refractivity contribution in [3.63, 3.8) is 0 Å². The Labute approximate surface area is 825 Å². The molecule has 0 aliphatic carbocycles. The molecular formula is C103H96Cl3F12N21O2. The molecule has 18 aromatic heterocycles. The van der Waals surface area contributed by atoms with Gasteiger partial charge in [0.25, 0.3) is 0 Å². The van der Waals surface area contributed by atoms with E-state index in [0.29, 0.717) is 21.4 Å². The number of aryl methyl sites for hydroxylation is 4. The fraction of sp³-hybridized carbons (Fsp3) is 0.107. The lowest BCUT2D eigenvalue weighted by atomic mass is 10.3. The van der Waals surface area contributed by atoms with Gasteiger partial charge in [0, 0.05) is 210 Å². The number of anilines is 1. The van der Waals surface area contributed by atoms with Crippen LogP contribution in [0.25, 0.3) is 0 Å². The largest absolute Gasteiger partial charge is 0.497 e. The van der Waals surface area contributed by atoms with Crippen molar-refractivity contribution in [1.29, 1.82) is 10.5 Å². The average molecular weight is 1990 g/mol. The van der Waals surface area contributed by atoms with Crippen molar-refractivity contribution in [2.24, 2.45) is 0 Å². The molecule has 0 bridgehead atoms. The van der Waals surface area contributed by atoms with E-state index in [0.717, 1.165) is 71.3 Å². The number of alkyl halides is 9. The maximum Gasteiger partial charge on any atom is 0.433 e. The molecule has 0 aromatic carbocycles. The predicted molar refractivity (Wildman–Crippen MR) is 522 cm³/mol. The number of nitrogens with zero attached hydrogens (tertiary/aromatic N) is 21. The van der Waals surface area contributed by atoms with E-state index in [2.05, 4.69) is 89.7 Å². The SMILES string of the molecule is CN(C)c1ccncc1.COc1cccnc1.COc1ccncc1.Cc1ccccn1.Cc1cccnc1.Cc1ccncc1.Cc1ccncc1.Clc1ccccn1.Clc1cccnc1.Clc1ccncc1.FC(F)(F)c1ccccn1.FC(F)(F)c1cccnc1.FC(F)(F)c1ccncc1.Fc1ccccn1.Fc1cccnc1.Fc1ccncc1.N#Cc1ccccn1.N#Cc1cccnc1. The highest BCUT2D eigenvalue weighted by Crippen LogP contribution is 2.29. The number of rotatable bonds is 3. The Hall–Kier alpha value is -16.9. The van der Waals surface area contributed by atoms with Gasteiger partial charge in [0.2, 0.25) is 5.95 Å². The molecule has 0 radical (unpaired) electrons. The van der Waals surface area contributed by atoms with Gasteiger partial charge >= 0.3 is 18.5 Å². The molecule has 730 valence electrons. The summed E-state index contributed by atoms with van der Waals surface area (Å²) < 4.78 is 151. The third-order valence-corrected chi connectivity index (χ3v) is 15.3. The molecule has 18 rings (SSSR count). The molecule has 0 amide bonds. The van der Waals surface area contributed by atoms with Gasteiger partial charge in [0.15, 0.2) is 0 Å². The van der Waals surface area contributed by atoms with Gasteiger partial charge in [-0.1, -0.05) is 71.2 Å². The van der Waals surface area contributed by atoms with Crippen LogP contribution in [0.1, 0.15) is 50.5 Å². The standard InChI is InChI=1S/C7H10N2.3C6H4F3N.2C6H4N2.2C6H7NO.4C6H7N.3C5H4ClN.3C5H4FN/c1-9(2)7-3-5-8-6-4-7;7-6(8,9)5-1-3-10-4-2-5;7-6(8,9)5-2-1-3-10-4-5;7-6(8,9)5-3-1-2-4-10-5;7-4-6-2-1-3-8-5-6;7-5-6-3-1-2-4-8-6;1-8-6-2-4-7-5-3-6;1-8-6-3-2-4-7-5-6;2*1-6-2-4-7-5-3-6;1-6-3-2-4-7-5-6;1-6-4-2-3-5-7-6;6-5-1-3-7-4-2-5;6-5-2-1-3-7-4-5;6-5-3-1-2-4-7-5;6-5-1-3-7-4-2-5;6-5-2-1-3-7-4-5;6-5-3-1-2-4-7-5/h3-6H,1-2H3;3*1-4H;1-3,5H;1-4H;2*2-5H,1H3;4*2-5H,1H3;6*1-4H. The van der Waals surface area contributed by atoms with Crippen LogP contribution >= 0.6 is 34.8 Å². The molecule has 18 aromatic rings. The van der Waals surface area contributed by atoms with Crippen molar-refractivity contribution in [1.82, 2.24) is 89.7 Å². The van der Waals surface area contributed by atoms with Crippen LogP contribution in [0.15, 0.2) is 441 Å². The Morgan fingerprint density at radius 1 is 0.284 bits per heavy atom. The quantitative estimate of drug-likeness (QED) is 0.117. The third-order valence-electron chi connectivity index (χ3n) is 14.6. The molecular weight excluding hydrogens is 1900 g/mol. The van der Waals surface area contributed by atoms with Crippen LogP contribution in [-0.2, 0) is 18.5 Å². The normalized spacial score (nSPS) is 9.23. The van der Waals surface area contributed by atoms with E-state index in [4.69, 9.17) is 54.8 Å². The van der Waals surface area contributed by atoms with E-state index in [1.807, 2.05) is 156 Å². The highest BCUT2D eigenvalue weighted by atomic mass is 35.5. The summed E-state index contributed by atoms with van der Waals surface area (Å²) in [7, 11) is 7.27. The first-order valence-corrected chi connectivity index (χ1v) is 41.7. The fourth-order valence-electron chi connectivity index (χ4n) is 7.83. The second-order valence-electron chi connectivity index (χ2n) is 25.8. The summed E-state index contributed by atoms with van der Waals surface area (Å²) >= 11 is 16.4. The monoisotopic (exact) mass is 1990 g/mol. The van der Waals surface area contributed by atoms with E-state index in [1.165, 1.54) is 108 Å². The molecule has 0 unspecified atom stereocenters. The number of halogens is 15. The zero-order valence-electron chi connectivity index (χ0n) is 76.9. The van der Waals surface area contributed by atoms with Gasteiger partial charge in [-0.05, 0) is 257 Å². The van der Waals surface area contributed by atoms with Gasteiger partial charge in [-0.15, -0.1) is 0 Å². The summed E-state index contributed by atoms with van der Waals surface area (Å²) in [6, 6.07) is 71.8. The molecule has 0 N–H and O–H groups in total. The number of nitriles is 2. The van der Waals surface area contributed by atoms with E-state index in [-0.39, 0.29) is 11.6 Å². The zero-order valence-corrected chi connectivity index (χ0v) is 79.2. The third kappa shape index (κ3) is 73.2. The maximum absolute atomic E-state index is 11.9. The summed E-state index contributed by atoms with van der Waals surface area (Å²) in [5.41, 5.74) is 4.83. The van der Waals surface area contributed by atoms with Crippen LogP contribution < -0.4 is 14.4 Å².